The van der Waals surface area contributed by atoms with Gasteiger partial charge in [0.05, 0.1) is 5.38 Å². The Morgan fingerprint density at radius 3 is 2.56 bits per heavy atom. The first-order valence-electron chi connectivity index (χ1n) is 4.41. The summed E-state index contributed by atoms with van der Waals surface area (Å²) in [5.74, 6) is -0.281. The molecule has 1 atom stereocenters. The van der Waals surface area contributed by atoms with E-state index >= 15 is 0 Å². The second kappa shape index (κ2) is 5.17. The van der Waals surface area contributed by atoms with Crippen molar-refractivity contribution in [1.82, 2.24) is 0 Å². The van der Waals surface area contributed by atoms with Crippen LogP contribution < -0.4 is 0 Å². The summed E-state index contributed by atoms with van der Waals surface area (Å²) >= 11 is 14.7. The largest absolute Gasteiger partial charge is 0.207 e. The normalized spacial score (nSPS) is 12.8. The highest BCUT2D eigenvalue weighted by molar-refractivity contribution is 9.10. The fourth-order valence-electron chi connectivity index (χ4n) is 1.34. The molecule has 1 aromatic carbocycles. The van der Waals surface area contributed by atoms with Crippen LogP contribution in [0.4, 0.5) is 4.39 Å². The molecular formula is C11H6Br2ClFS. The van der Waals surface area contributed by atoms with Gasteiger partial charge in [0.15, 0.2) is 0 Å². The van der Waals surface area contributed by atoms with Crippen molar-refractivity contribution in [2.45, 2.75) is 5.38 Å². The minimum absolute atomic E-state index is 0.281. The van der Waals surface area contributed by atoms with E-state index in [1.807, 2.05) is 11.4 Å². The topological polar surface area (TPSA) is 0 Å². The van der Waals surface area contributed by atoms with Gasteiger partial charge in [-0.2, -0.15) is 0 Å². The van der Waals surface area contributed by atoms with Crippen LogP contribution in [0.1, 0.15) is 15.8 Å². The first kappa shape index (κ1) is 12.6. The van der Waals surface area contributed by atoms with Crippen molar-refractivity contribution in [3.05, 3.63) is 54.8 Å². The summed E-state index contributed by atoms with van der Waals surface area (Å²) in [6, 6.07) is 6.46. The molecule has 0 fully saturated rings. The maximum atomic E-state index is 13.2. The van der Waals surface area contributed by atoms with Crippen LogP contribution in [0, 0.1) is 5.82 Å². The Balaban J connectivity index is 2.45. The van der Waals surface area contributed by atoms with Gasteiger partial charge in [0.2, 0.25) is 0 Å². The predicted octanol–water partition coefficient (Wildman–Crippen LogP) is 5.74. The quantitative estimate of drug-likeness (QED) is 0.579. The van der Waals surface area contributed by atoms with Crippen LogP contribution >= 0.6 is 54.8 Å². The van der Waals surface area contributed by atoms with Gasteiger partial charge in [-0.05, 0) is 51.1 Å². The number of thiophene rings is 1. The molecule has 84 valence electrons. The van der Waals surface area contributed by atoms with Crippen LogP contribution in [0.2, 0.25) is 0 Å². The highest BCUT2D eigenvalue weighted by Crippen LogP contribution is 2.40. The number of rotatable bonds is 2. The molecule has 2 aromatic rings. The average Bonchev–Trinajstić information content (AvgIpc) is 2.67. The Kier molecular flexibility index (Phi) is 4.06. The molecule has 2 rings (SSSR count). The van der Waals surface area contributed by atoms with Gasteiger partial charge < -0.3 is 0 Å². The maximum absolute atomic E-state index is 13.2. The van der Waals surface area contributed by atoms with Crippen LogP contribution in [-0.4, -0.2) is 0 Å². The number of halogens is 4. The van der Waals surface area contributed by atoms with Gasteiger partial charge in [-0.3, -0.25) is 0 Å². The Hall–Kier alpha value is 0.1000. The Labute approximate surface area is 119 Å². The van der Waals surface area contributed by atoms with Gasteiger partial charge in [0.1, 0.15) is 5.82 Å². The molecular weight excluding hydrogens is 378 g/mol. The van der Waals surface area contributed by atoms with Crippen LogP contribution in [-0.2, 0) is 0 Å². The number of alkyl halides is 1. The Morgan fingerprint density at radius 2 is 1.94 bits per heavy atom. The molecule has 0 aliphatic rings. The predicted molar refractivity (Wildman–Crippen MR) is 73.8 cm³/mol. The molecule has 0 aliphatic carbocycles. The number of hydrogen-bond acceptors (Lipinski definition) is 1. The summed E-state index contributed by atoms with van der Waals surface area (Å²) in [6.07, 6.45) is 0. The lowest BCUT2D eigenvalue weighted by molar-refractivity contribution is 0.625. The van der Waals surface area contributed by atoms with E-state index in [0.717, 1.165) is 19.4 Å². The zero-order chi connectivity index (χ0) is 11.7. The van der Waals surface area contributed by atoms with E-state index in [0.29, 0.717) is 0 Å². The summed E-state index contributed by atoms with van der Waals surface area (Å²) in [7, 11) is 0. The zero-order valence-corrected chi connectivity index (χ0v) is 12.6. The highest BCUT2D eigenvalue weighted by Gasteiger charge is 2.18. The Morgan fingerprint density at radius 1 is 1.19 bits per heavy atom. The minimum atomic E-state index is -0.348. The van der Waals surface area contributed by atoms with Gasteiger partial charge in [0, 0.05) is 13.8 Å². The second-order valence-corrected chi connectivity index (χ2v) is 6.25. The molecule has 1 aromatic heterocycles. The van der Waals surface area contributed by atoms with E-state index in [1.165, 1.54) is 12.1 Å². The molecule has 0 amide bonds. The standard InChI is InChI=1S/C11H6Br2ClFS/c12-8-2-1-6(15)5-7(8)10(14)11-9(13)3-4-16-11/h1-5,10H. The van der Waals surface area contributed by atoms with E-state index in [2.05, 4.69) is 31.9 Å². The molecule has 0 radical (unpaired) electrons. The maximum Gasteiger partial charge on any atom is 0.123 e. The van der Waals surface area contributed by atoms with Crippen LogP contribution in [0.25, 0.3) is 0 Å². The lowest BCUT2D eigenvalue weighted by atomic mass is 10.1. The zero-order valence-electron chi connectivity index (χ0n) is 7.88. The summed E-state index contributed by atoms with van der Waals surface area (Å²) in [6.45, 7) is 0. The molecule has 0 saturated heterocycles. The molecule has 1 heterocycles. The molecule has 16 heavy (non-hydrogen) atoms. The minimum Gasteiger partial charge on any atom is -0.207 e. The first-order chi connectivity index (χ1) is 7.59. The highest BCUT2D eigenvalue weighted by atomic mass is 79.9. The van der Waals surface area contributed by atoms with Crippen molar-refractivity contribution in [3.8, 4) is 0 Å². The van der Waals surface area contributed by atoms with Gasteiger partial charge in [-0.25, -0.2) is 4.39 Å². The fourth-order valence-corrected chi connectivity index (χ4v) is 4.12. The van der Waals surface area contributed by atoms with Crippen molar-refractivity contribution in [2.24, 2.45) is 0 Å². The number of benzene rings is 1. The molecule has 0 aliphatic heterocycles. The van der Waals surface area contributed by atoms with E-state index in [9.17, 15) is 4.39 Å². The van der Waals surface area contributed by atoms with Crippen LogP contribution in [0.5, 0.6) is 0 Å². The van der Waals surface area contributed by atoms with Gasteiger partial charge in [-0.1, -0.05) is 15.9 Å². The van der Waals surface area contributed by atoms with E-state index in [4.69, 9.17) is 11.6 Å². The molecule has 0 spiro atoms. The van der Waals surface area contributed by atoms with Gasteiger partial charge >= 0.3 is 0 Å². The lowest BCUT2D eigenvalue weighted by Crippen LogP contribution is -1.93. The molecule has 1 unspecified atom stereocenters. The lowest BCUT2D eigenvalue weighted by Gasteiger charge is -2.11. The van der Waals surface area contributed by atoms with Crippen molar-refractivity contribution in [2.75, 3.05) is 0 Å². The van der Waals surface area contributed by atoms with Crippen molar-refractivity contribution in [1.29, 1.82) is 0 Å². The van der Waals surface area contributed by atoms with Crippen LogP contribution in [0.3, 0.4) is 0 Å². The molecule has 0 saturated carbocycles. The van der Waals surface area contributed by atoms with Crippen LogP contribution in [0.15, 0.2) is 38.6 Å². The average molecular weight is 384 g/mol. The fraction of sp³-hybridized carbons (Fsp3) is 0.0909. The molecule has 0 nitrogen and oxygen atoms in total. The summed E-state index contributed by atoms with van der Waals surface area (Å²) < 4.78 is 14.9. The van der Waals surface area contributed by atoms with Crippen molar-refractivity contribution in [3.63, 3.8) is 0 Å². The third-order valence-electron chi connectivity index (χ3n) is 2.11. The molecule has 0 N–H and O–H groups in total. The third kappa shape index (κ3) is 2.50. The molecule has 0 bridgehead atoms. The van der Waals surface area contributed by atoms with Crippen molar-refractivity contribution >= 4 is 54.8 Å². The van der Waals surface area contributed by atoms with E-state index in [1.54, 1.807) is 17.4 Å². The van der Waals surface area contributed by atoms with E-state index in [-0.39, 0.29) is 11.2 Å². The first-order valence-corrected chi connectivity index (χ1v) is 7.31. The Bertz CT molecular complexity index is 512. The second-order valence-electron chi connectivity index (χ2n) is 3.16. The smallest absolute Gasteiger partial charge is 0.123 e. The third-order valence-corrected chi connectivity index (χ3v) is 5.35. The molecule has 5 heteroatoms. The summed E-state index contributed by atoms with van der Waals surface area (Å²) in [4.78, 5) is 0.980. The van der Waals surface area contributed by atoms with Crippen molar-refractivity contribution < 1.29 is 4.39 Å². The SMILES string of the molecule is Fc1ccc(Br)c(C(Cl)c2sccc2Br)c1. The summed E-state index contributed by atoms with van der Waals surface area (Å²) in [5.41, 5.74) is 0.741. The number of hydrogen-bond donors (Lipinski definition) is 0. The van der Waals surface area contributed by atoms with Gasteiger partial charge in [-0.15, -0.1) is 22.9 Å². The van der Waals surface area contributed by atoms with E-state index < -0.39 is 0 Å². The summed E-state index contributed by atoms with van der Waals surface area (Å²) in [5, 5.41) is 1.60. The van der Waals surface area contributed by atoms with Gasteiger partial charge in [0.25, 0.3) is 0 Å². The monoisotopic (exact) mass is 382 g/mol.